The van der Waals surface area contributed by atoms with Gasteiger partial charge in [-0.1, -0.05) is 50.1 Å². The summed E-state index contributed by atoms with van der Waals surface area (Å²) in [5, 5.41) is 0. The zero-order valence-electron chi connectivity index (χ0n) is 15.3. The van der Waals surface area contributed by atoms with Crippen LogP contribution in [-0.4, -0.2) is 22.4 Å². The van der Waals surface area contributed by atoms with Crippen LogP contribution in [0.1, 0.15) is 42.4 Å². The van der Waals surface area contributed by atoms with Gasteiger partial charge in [-0.15, -0.1) is 0 Å². The lowest BCUT2D eigenvalue weighted by Gasteiger charge is -2.07. The summed E-state index contributed by atoms with van der Waals surface area (Å²) in [6.45, 7) is 2.98. The number of ketones is 1. The molecule has 0 N–H and O–H groups in total. The second-order valence-corrected chi connectivity index (χ2v) is 6.26. The van der Waals surface area contributed by atoms with Gasteiger partial charge in [-0.2, -0.15) is 0 Å². The lowest BCUT2D eigenvalue weighted by Crippen LogP contribution is -2.09. The Morgan fingerprint density at radius 1 is 1.15 bits per heavy atom. The number of benzene rings is 2. The molecule has 0 unspecified atom stereocenters. The number of aryl methyl sites for hydroxylation is 1. The highest BCUT2D eigenvalue weighted by atomic mass is 16.5. The van der Waals surface area contributed by atoms with Gasteiger partial charge in [0, 0.05) is 6.54 Å². The Bertz CT molecular complexity index is 925. The second-order valence-electron chi connectivity index (χ2n) is 6.26. The molecule has 3 rings (SSSR count). The van der Waals surface area contributed by atoms with E-state index in [9.17, 15) is 4.79 Å². The normalized spacial score (nSPS) is 11.3. The standard InChI is InChI=1S/C22H24N2O2/c1-3-4-7-15-24-20-12-6-5-11-19(20)23-22(24)21(25)14-13-17-9-8-10-18(16-17)26-2/h5-6,8-14,16H,3-4,7,15H2,1-2H3/b14-13+. The van der Waals surface area contributed by atoms with Gasteiger partial charge in [0.1, 0.15) is 5.75 Å². The van der Waals surface area contributed by atoms with E-state index in [2.05, 4.69) is 11.9 Å². The van der Waals surface area contributed by atoms with Gasteiger partial charge in [0.05, 0.1) is 18.1 Å². The van der Waals surface area contributed by atoms with Crippen LogP contribution in [0, 0.1) is 0 Å². The van der Waals surface area contributed by atoms with E-state index in [-0.39, 0.29) is 5.78 Å². The third-order valence-corrected chi connectivity index (χ3v) is 4.38. The summed E-state index contributed by atoms with van der Waals surface area (Å²) in [5.41, 5.74) is 2.80. The number of hydrogen-bond acceptors (Lipinski definition) is 3. The molecule has 26 heavy (non-hydrogen) atoms. The first-order valence-electron chi connectivity index (χ1n) is 9.04. The van der Waals surface area contributed by atoms with Gasteiger partial charge in [0.2, 0.25) is 5.78 Å². The Kier molecular flexibility index (Phi) is 5.84. The molecule has 0 fully saturated rings. The van der Waals surface area contributed by atoms with Crippen LogP contribution in [0.15, 0.2) is 54.6 Å². The first-order valence-corrected chi connectivity index (χ1v) is 9.04. The Hall–Kier alpha value is -2.88. The number of fused-ring (bicyclic) bond motifs is 1. The summed E-state index contributed by atoms with van der Waals surface area (Å²) in [4.78, 5) is 17.4. The van der Waals surface area contributed by atoms with Crippen molar-refractivity contribution in [1.82, 2.24) is 9.55 Å². The molecule has 1 heterocycles. The number of aromatic nitrogens is 2. The number of para-hydroxylation sites is 2. The third kappa shape index (κ3) is 4.02. The van der Waals surface area contributed by atoms with Crippen LogP contribution in [0.4, 0.5) is 0 Å². The monoisotopic (exact) mass is 348 g/mol. The van der Waals surface area contributed by atoms with Gasteiger partial charge in [0.15, 0.2) is 5.82 Å². The smallest absolute Gasteiger partial charge is 0.221 e. The minimum atomic E-state index is -0.0829. The van der Waals surface area contributed by atoms with Gasteiger partial charge in [0.25, 0.3) is 0 Å². The van der Waals surface area contributed by atoms with E-state index in [4.69, 9.17) is 4.74 Å². The minimum Gasteiger partial charge on any atom is -0.497 e. The lowest BCUT2D eigenvalue weighted by molar-refractivity contribution is 0.103. The van der Waals surface area contributed by atoms with Crippen LogP contribution >= 0.6 is 0 Å². The number of carbonyl (C=O) groups excluding carboxylic acids is 1. The Labute approximate surface area is 154 Å². The van der Waals surface area contributed by atoms with Crippen molar-refractivity contribution >= 4 is 22.9 Å². The van der Waals surface area contributed by atoms with E-state index in [1.54, 1.807) is 19.3 Å². The summed E-state index contributed by atoms with van der Waals surface area (Å²) in [7, 11) is 1.63. The molecule has 4 heteroatoms. The van der Waals surface area contributed by atoms with E-state index in [1.807, 2.05) is 53.1 Å². The zero-order valence-corrected chi connectivity index (χ0v) is 15.3. The first-order chi connectivity index (χ1) is 12.7. The number of methoxy groups -OCH3 is 1. The van der Waals surface area contributed by atoms with E-state index in [1.165, 1.54) is 0 Å². The molecular formula is C22H24N2O2. The fourth-order valence-electron chi connectivity index (χ4n) is 3.00. The van der Waals surface area contributed by atoms with E-state index in [0.29, 0.717) is 5.82 Å². The predicted molar refractivity (Wildman–Crippen MR) is 106 cm³/mol. The van der Waals surface area contributed by atoms with E-state index >= 15 is 0 Å². The van der Waals surface area contributed by atoms with Crippen molar-refractivity contribution in [3.05, 3.63) is 66.0 Å². The predicted octanol–water partition coefficient (Wildman–Crippen LogP) is 5.13. The number of rotatable bonds is 8. The maximum absolute atomic E-state index is 12.8. The molecule has 0 amide bonds. The molecule has 0 saturated carbocycles. The number of allylic oxidation sites excluding steroid dienone is 1. The fourth-order valence-corrected chi connectivity index (χ4v) is 3.00. The number of nitrogens with zero attached hydrogens (tertiary/aromatic N) is 2. The first kappa shape index (κ1) is 17.9. The number of hydrogen-bond donors (Lipinski definition) is 0. The molecule has 134 valence electrons. The second kappa shape index (κ2) is 8.48. The van der Waals surface area contributed by atoms with Crippen molar-refractivity contribution in [2.45, 2.75) is 32.7 Å². The molecule has 0 aliphatic rings. The average molecular weight is 348 g/mol. The highest BCUT2D eigenvalue weighted by Crippen LogP contribution is 2.19. The quantitative estimate of drug-likeness (QED) is 0.322. The summed E-state index contributed by atoms with van der Waals surface area (Å²) < 4.78 is 7.27. The summed E-state index contributed by atoms with van der Waals surface area (Å²) in [6, 6.07) is 15.5. The van der Waals surface area contributed by atoms with Crippen LogP contribution in [0.3, 0.4) is 0 Å². The summed E-state index contributed by atoms with van der Waals surface area (Å²) in [6.07, 6.45) is 6.72. The zero-order chi connectivity index (χ0) is 18.4. The van der Waals surface area contributed by atoms with Crippen LogP contribution in [-0.2, 0) is 6.54 Å². The Morgan fingerprint density at radius 3 is 2.81 bits per heavy atom. The summed E-state index contributed by atoms with van der Waals surface area (Å²) >= 11 is 0. The van der Waals surface area contributed by atoms with Gasteiger partial charge in [-0.05, 0) is 42.3 Å². The van der Waals surface area contributed by atoms with Gasteiger partial charge >= 0.3 is 0 Å². The van der Waals surface area contributed by atoms with Crippen molar-refractivity contribution in [3.8, 4) is 5.75 Å². The molecule has 0 atom stereocenters. The fraction of sp³-hybridized carbons (Fsp3) is 0.273. The lowest BCUT2D eigenvalue weighted by atomic mass is 10.2. The molecule has 0 aliphatic carbocycles. The molecule has 3 aromatic rings. The topological polar surface area (TPSA) is 44.1 Å². The molecular weight excluding hydrogens is 324 g/mol. The van der Waals surface area contributed by atoms with Crippen molar-refractivity contribution in [2.75, 3.05) is 7.11 Å². The summed E-state index contributed by atoms with van der Waals surface area (Å²) in [5.74, 6) is 1.19. The van der Waals surface area contributed by atoms with Crippen molar-refractivity contribution in [1.29, 1.82) is 0 Å². The van der Waals surface area contributed by atoms with Crippen LogP contribution in [0.2, 0.25) is 0 Å². The molecule has 0 radical (unpaired) electrons. The van der Waals surface area contributed by atoms with Gasteiger partial charge < -0.3 is 9.30 Å². The van der Waals surface area contributed by atoms with Crippen LogP contribution < -0.4 is 4.74 Å². The highest BCUT2D eigenvalue weighted by molar-refractivity contribution is 6.06. The molecule has 4 nitrogen and oxygen atoms in total. The van der Waals surface area contributed by atoms with Gasteiger partial charge in [-0.3, -0.25) is 4.79 Å². The SMILES string of the molecule is CCCCCn1c(C(=O)/C=C/c2cccc(OC)c2)nc2ccccc21. The molecule has 2 aromatic carbocycles. The van der Waals surface area contributed by atoms with Crippen molar-refractivity contribution in [3.63, 3.8) is 0 Å². The van der Waals surface area contributed by atoms with Crippen LogP contribution in [0.5, 0.6) is 5.75 Å². The highest BCUT2D eigenvalue weighted by Gasteiger charge is 2.15. The van der Waals surface area contributed by atoms with Gasteiger partial charge in [-0.25, -0.2) is 4.98 Å². The Morgan fingerprint density at radius 2 is 2.00 bits per heavy atom. The maximum atomic E-state index is 12.8. The molecule has 0 saturated heterocycles. The number of carbonyl (C=O) groups is 1. The van der Waals surface area contributed by atoms with E-state index < -0.39 is 0 Å². The largest absolute Gasteiger partial charge is 0.497 e. The molecule has 0 aliphatic heterocycles. The van der Waals surface area contributed by atoms with E-state index in [0.717, 1.165) is 48.2 Å². The average Bonchev–Trinajstić information content (AvgIpc) is 3.05. The maximum Gasteiger partial charge on any atom is 0.221 e. The van der Waals surface area contributed by atoms with Crippen molar-refractivity contribution < 1.29 is 9.53 Å². The Balaban J connectivity index is 1.89. The molecule has 0 spiro atoms. The number of unbranched alkanes of at least 4 members (excludes halogenated alkanes) is 2. The number of imidazole rings is 1. The molecule has 0 bridgehead atoms. The minimum absolute atomic E-state index is 0.0829. The third-order valence-electron chi connectivity index (χ3n) is 4.38. The van der Waals surface area contributed by atoms with Crippen molar-refractivity contribution in [2.24, 2.45) is 0 Å². The van der Waals surface area contributed by atoms with Crippen LogP contribution in [0.25, 0.3) is 17.1 Å². The molecule has 1 aromatic heterocycles. The number of ether oxygens (including phenoxy) is 1.